The minimum Gasteiger partial charge on any atom is -0.465 e. The lowest BCUT2D eigenvalue weighted by molar-refractivity contribution is -0.143. The summed E-state index contributed by atoms with van der Waals surface area (Å²) >= 11 is 5.98. The summed E-state index contributed by atoms with van der Waals surface area (Å²) in [5.41, 5.74) is 5.82. The molecule has 116 valence electrons. The molecule has 1 aromatic carbocycles. The number of hydrogen-bond acceptors (Lipinski definition) is 5. The summed E-state index contributed by atoms with van der Waals surface area (Å²) in [6.07, 6.45) is 1.42. The molecule has 0 heterocycles. The Labute approximate surface area is 128 Å². The summed E-state index contributed by atoms with van der Waals surface area (Å²) in [5, 5.41) is 0.0458. The predicted molar refractivity (Wildman–Crippen MR) is 79.4 cm³/mol. The lowest BCUT2D eigenvalue weighted by Gasteiger charge is -2.22. The predicted octanol–water partition coefficient (Wildman–Crippen LogP) is 1.64. The van der Waals surface area contributed by atoms with Gasteiger partial charge in [0, 0.05) is 6.04 Å². The number of nitrogens with zero attached hydrogens (tertiary/aromatic N) is 1. The molecule has 0 radical (unpaired) electrons. The van der Waals surface area contributed by atoms with Crippen LogP contribution in [0.1, 0.15) is 19.8 Å². The number of carbonyl (C=O) groups is 1. The molecule has 0 unspecified atom stereocenters. The van der Waals surface area contributed by atoms with Crippen LogP contribution in [0.15, 0.2) is 23.1 Å². The molecule has 0 aromatic heterocycles. The Morgan fingerprint density at radius 3 is 2.67 bits per heavy atom. The summed E-state index contributed by atoms with van der Waals surface area (Å²) in [7, 11) is -3.94. The van der Waals surface area contributed by atoms with Crippen molar-refractivity contribution < 1.29 is 17.9 Å². The van der Waals surface area contributed by atoms with Gasteiger partial charge in [-0.05, 0) is 31.9 Å². The van der Waals surface area contributed by atoms with E-state index in [0.29, 0.717) is 12.8 Å². The van der Waals surface area contributed by atoms with Crippen LogP contribution in [0.3, 0.4) is 0 Å². The summed E-state index contributed by atoms with van der Waals surface area (Å²) in [6.45, 7) is 1.54. The van der Waals surface area contributed by atoms with Crippen molar-refractivity contribution in [1.82, 2.24) is 4.31 Å². The van der Waals surface area contributed by atoms with E-state index in [4.69, 9.17) is 22.1 Å². The molecule has 1 aliphatic rings. The number of esters is 1. The van der Waals surface area contributed by atoms with Crippen LogP contribution in [-0.4, -0.2) is 37.9 Å². The van der Waals surface area contributed by atoms with E-state index in [1.54, 1.807) is 13.0 Å². The van der Waals surface area contributed by atoms with Crippen LogP contribution in [-0.2, 0) is 19.6 Å². The Morgan fingerprint density at radius 2 is 2.14 bits per heavy atom. The third-order valence-corrected chi connectivity index (χ3v) is 5.55. The zero-order chi connectivity index (χ0) is 15.6. The van der Waals surface area contributed by atoms with Gasteiger partial charge < -0.3 is 10.5 Å². The van der Waals surface area contributed by atoms with Crippen LogP contribution in [0.2, 0.25) is 5.02 Å². The Morgan fingerprint density at radius 1 is 1.48 bits per heavy atom. The van der Waals surface area contributed by atoms with Crippen LogP contribution >= 0.6 is 11.6 Å². The van der Waals surface area contributed by atoms with Gasteiger partial charge in [0.25, 0.3) is 0 Å². The van der Waals surface area contributed by atoms with Crippen molar-refractivity contribution in [2.75, 3.05) is 18.9 Å². The Balaban J connectivity index is 2.37. The van der Waals surface area contributed by atoms with Crippen molar-refractivity contribution in [2.24, 2.45) is 0 Å². The van der Waals surface area contributed by atoms with E-state index < -0.39 is 16.0 Å². The summed E-state index contributed by atoms with van der Waals surface area (Å²) in [6, 6.07) is 4.30. The Bertz CT molecular complexity index is 623. The standard InChI is InChI=1S/C13H17ClN2O4S/c1-2-20-12(17)8-16(9-6-7-9)21(18,19)13-10(14)4-3-5-11(13)15/h3-5,9H,2,6-8,15H2,1H3. The summed E-state index contributed by atoms with van der Waals surface area (Å²) < 4.78 is 31.5. The fourth-order valence-corrected chi connectivity index (χ4v) is 4.29. The smallest absolute Gasteiger partial charge is 0.321 e. The van der Waals surface area contributed by atoms with E-state index in [2.05, 4.69) is 0 Å². The second-order valence-electron chi connectivity index (χ2n) is 4.74. The molecule has 1 aromatic rings. The maximum atomic E-state index is 12.7. The van der Waals surface area contributed by atoms with Crippen molar-refractivity contribution in [3.63, 3.8) is 0 Å². The molecule has 0 saturated heterocycles. The highest BCUT2D eigenvalue weighted by Crippen LogP contribution is 2.36. The lowest BCUT2D eigenvalue weighted by Crippen LogP contribution is -2.38. The first-order chi connectivity index (χ1) is 9.87. The molecule has 0 atom stereocenters. The maximum absolute atomic E-state index is 12.7. The lowest BCUT2D eigenvalue weighted by atomic mass is 10.3. The molecule has 2 N–H and O–H groups in total. The molecule has 1 saturated carbocycles. The highest BCUT2D eigenvalue weighted by Gasteiger charge is 2.41. The first-order valence-electron chi connectivity index (χ1n) is 6.59. The number of ether oxygens (including phenoxy) is 1. The van der Waals surface area contributed by atoms with Gasteiger partial charge >= 0.3 is 5.97 Å². The third-order valence-electron chi connectivity index (χ3n) is 3.11. The third kappa shape index (κ3) is 3.48. The van der Waals surface area contributed by atoms with Crippen LogP contribution < -0.4 is 5.73 Å². The normalized spacial score (nSPS) is 15.2. The largest absolute Gasteiger partial charge is 0.465 e. The maximum Gasteiger partial charge on any atom is 0.321 e. The average molecular weight is 333 g/mol. The number of nitrogens with two attached hydrogens (primary N) is 1. The number of sulfonamides is 1. The van der Waals surface area contributed by atoms with Gasteiger partial charge in [0.2, 0.25) is 10.0 Å². The van der Waals surface area contributed by atoms with E-state index in [-0.39, 0.29) is 34.8 Å². The van der Waals surface area contributed by atoms with Crippen molar-refractivity contribution in [1.29, 1.82) is 0 Å². The van der Waals surface area contributed by atoms with E-state index in [0.717, 1.165) is 4.31 Å². The van der Waals surface area contributed by atoms with Crippen LogP contribution in [0.4, 0.5) is 5.69 Å². The first-order valence-corrected chi connectivity index (χ1v) is 8.41. The highest BCUT2D eigenvalue weighted by molar-refractivity contribution is 7.89. The number of halogens is 1. The van der Waals surface area contributed by atoms with Gasteiger partial charge in [-0.1, -0.05) is 17.7 Å². The van der Waals surface area contributed by atoms with Gasteiger partial charge in [0.05, 0.1) is 17.3 Å². The number of rotatable bonds is 6. The average Bonchev–Trinajstić information content (AvgIpc) is 3.19. The fourth-order valence-electron chi connectivity index (χ4n) is 2.02. The van der Waals surface area contributed by atoms with Gasteiger partial charge in [0.15, 0.2) is 0 Å². The zero-order valence-corrected chi connectivity index (χ0v) is 13.2. The topological polar surface area (TPSA) is 89.7 Å². The van der Waals surface area contributed by atoms with Gasteiger partial charge in [-0.3, -0.25) is 4.79 Å². The van der Waals surface area contributed by atoms with Gasteiger partial charge in [-0.25, -0.2) is 8.42 Å². The zero-order valence-electron chi connectivity index (χ0n) is 11.6. The number of benzene rings is 1. The summed E-state index contributed by atoms with van der Waals surface area (Å²) in [4.78, 5) is 11.5. The molecule has 0 amide bonds. The van der Waals surface area contributed by atoms with Gasteiger partial charge in [-0.15, -0.1) is 0 Å². The second-order valence-corrected chi connectivity index (χ2v) is 6.98. The van der Waals surface area contributed by atoms with Crippen LogP contribution in [0.5, 0.6) is 0 Å². The van der Waals surface area contributed by atoms with Crippen molar-refractivity contribution in [3.05, 3.63) is 23.2 Å². The van der Waals surface area contributed by atoms with E-state index in [9.17, 15) is 13.2 Å². The first kappa shape index (κ1) is 16.1. The molecule has 6 nitrogen and oxygen atoms in total. The van der Waals surface area contributed by atoms with Crippen molar-refractivity contribution in [2.45, 2.75) is 30.7 Å². The van der Waals surface area contributed by atoms with Crippen molar-refractivity contribution >= 4 is 33.3 Å². The number of nitrogen functional groups attached to an aromatic ring is 1. The van der Waals surface area contributed by atoms with Crippen LogP contribution in [0.25, 0.3) is 0 Å². The molecule has 1 fully saturated rings. The number of hydrogen-bond donors (Lipinski definition) is 1. The molecule has 0 aliphatic heterocycles. The monoisotopic (exact) mass is 332 g/mol. The minimum atomic E-state index is -3.94. The SMILES string of the molecule is CCOC(=O)CN(C1CC1)S(=O)(=O)c1c(N)cccc1Cl. The molecule has 21 heavy (non-hydrogen) atoms. The molecule has 8 heteroatoms. The number of carbonyl (C=O) groups excluding carboxylic acids is 1. The molecule has 1 aliphatic carbocycles. The Kier molecular flexibility index (Phi) is 4.75. The van der Waals surface area contributed by atoms with E-state index in [1.807, 2.05) is 0 Å². The molecular weight excluding hydrogens is 316 g/mol. The van der Waals surface area contributed by atoms with E-state index >= 15 is 0 Å². The minimum absolute atomic E-state index is 0.0458. The molecule has 0 bridgehead atoms. The number of anilines is 1. The fraction of sp³-hybridized carbons (Fsp3) is 0.462. The summed E-state index contributed by atoms with van der Waals surface area (Å²) in [5.74, 6) is -0.585. The van der Waals surface area contributed by atoms with Crippen molar-refractivity contribution in [3.8, 4) is 0 Å². The Hall–Kier alpha value is -1.31. The van der Waals surface area contributed by atoms with Crippen LogP contribution in [0, 0.1) is 0 Å². The highest BCUT2D eigenvalue weighted by atomic mass is 35.5. The molecule has 0 spiro atoms. The van der Waals surface area contributed by atoms with Gasteiger partial charge in [-0.2, -0.15) is 4.31 Å². The second kappa shape index (κ2) is 6.21. The quantitative estimate of drug-likeness (QED) is 0.631. The van der Waals surface area contributed by atoms with E-state index in [1.165, 1.54) is 12.1 Å². The van der Waals surface area contributed by atoms with Gasteiger partial charge in [0.1, 0.15) is 11.4 Å². The molecular formula is C13H17ClN2O4S. The molecule has 2 rings (SSSR count).